The van der Waals surface area contributed by atoms with Crippen LogP contribution in [0, 0.1) is 36.1 Å². The minimum atomic E-state index is -1.65. The monoisotopic (exact) mass is 317 g/mol. The van der Waals surface area contributed by atoms with Gasteiger partial charge in [-0.1, -0.05) is 19.3 Å². The van der Waals surface area contributed by atoms with Gasteiger partial charge in [-0.15, -0.1) is 0 Å². The number of rotatable bonds is 3. The Morgan fingerprint density at radius 3 is 2.00 bits per heavy atom. The maximum atomic E-state index is 13.8. The van der Waals surface area contributed by atoms with E-state index in [9.17, 15) is 22.4 Å². The topological polar surface area (TPSA) is 29.1 Å². The van der Waals surface area contributed by atoms with Crippen molar-refractivity contribution in [3.63, 3.8) is 0 Å². The normalized spacial score (nSPS) is 17.4. The van der Waals surface area contributed by atoms with Crippen LogP contribution in [0.5, 0.6) is 0 Å². The van der Waals surface area contributed by atoms with E-state index in [1.165, 1.54) is 0 Å². The highest BCUT2D eigenvalue weighted by atomic mass is 19.2. The molecule has 1 fully saturated rings. The molecule has 22 heavy (non-hydrogen) atoms. The fourth-order valence-corrected chi connectivity index (χ4v) is 2.97. The quantitative estimate of drug-likeness (QED) is 0.655. The average molecular weight is 317 g/mol. The summed E-state index contributed by atoms with van der Waals surface area (Å²) in [6.45, 7) is 2.66. The molecule has 122 valence electrons. The Labute approximate surface area is 126 Å². The molecule has 1 atom stereocenters. The second kappa shape index (κ2) is 6.67. The first-order valence-electron chi connectivity index (χ1n) is 7.48. The number of nitrogens with one attached hydrogen (secondary N) is 1. The molecule has 0 aromatic heterocycles. The molecule has 0 bridgehead atoms. The van der Waals surface area contributed by atoms with Crippen LogP contribution in [0.15, 0.2) is 0 Å². The summed E-state index contributed by atoms with van der Waals surface area (Å²) < 4.78 is 54.7. The number of amides is 1. The smallest absolute Gasteiger partial charge is 0.257 e. The minimum Gasteiger partial charge on any atom is -0.349 e. The van der Waals surface area contributed by atoms with Crippen molar-refractivity contribution in [3.8, 4) is 0 Å². The Morgan fingerprint density at radius 2 is 1.50 bits per heavy atom. The predicted molar refractivity (Wildman–Crippen MR) is 74.5 cm³/mol. The zero-order valence-electron chi connectivity index (χ0n) is 12.6. The van der Waals surface area contributed by atoms with Crippen molar-refractivity contribution in [1.82, 2.24) is 5.32 Å². The molecule has 0 spiro atoms. The minimum absolute atomic E-state index is 0.212. The first-order chi connectivity index (χ1) is 10.3. The van der Waals surface area contributed by atoms with Gasteiger partial charge in [0.2, 0.25) is 0 Å². The van der Waals surface area contributed by atoms with Crippen LogP contribution in [0.4, 0.5) is 17.6 Å². The van der Waals surface area contributed by atoms with Gasteiger partial charge in [-0.3, -0.25) is 4.79 Å². The number of hydrogen-bond donors (Lipinski definition) is 1. The van der Waals surface area contributed by atoms with Crippen molar-refractivity contribution in [2.75, 3.05) is 0 Å². The standard InChI is InChI=1S/C16H19F4NO/c1-8-12(17)14(19)11(15(20)13(8)18)16(22)21-9(2)10-6-4-3-5-7-10/h9-10H,3-7H2,1-2H3,(H,21,22). The van der Waals surface area contributed by atoms with Crippen molar-refractivity contribution in [2.24, 2.45) is 5.92 Å². The van der Waals surface area contributed by atoms with Crippen LogP contribution in [0.3, 0.4) is 0 Å². The maximum Gasteiger partial charge on any atom is 0.257 e. The molecule has 1 aromatic rings. The molecule has 0 saturated heterocycles. The Hall–Kier alpha value is -1.59. The summed E-state index contributed by atoms with van der Waals surface area (Å²) in [6, 6.07) is -0.306. The highest BCUT2D eigenvalue weighted by Crippen LogP contribution is 2.27. The summed E-state index contributed by atoms with van der Waals surface area (Å²) >= 11 is 0. The van der Waals surface area contributed by atoms with Gasteiger partial charge in [-0.05, 0) is 32.6 Å². The van der Waals surface area contributed by atoms with Crippen LogP contribution < -0.4 is 5.32 Å². The van der Waals surface area contributed by atoms with Crippen molar-refractivity contribution in [1.29, 1.82) is 0 Å². The Morgan fingerprint density at radius 1 is 1.00 bits per heavy atom. The van der Waals surface area contributed by atoms with Crippen LogP contribution in [-0.2, 0) is 0 Å². The third-order valence-electron chi connectivity index (χ3n) is 4.43. The van der Waals surface area contributed by atoms with Crippen LogP contribution >= 0.6 is 0 Å². The Bertz CT molecular complexity index is 553. The molecular formula is C16H19F4NO. The van der Waals surface area contributed by atoms with Crippen molar-refractivity contribution < 1.29 is 22.4 Å². The van der Waals surface area contributed by atoms with E-state index in [0.717, 1.165) is 39.0 Å². The molecule has 1 aliphatic carbocycles. The van der Waals surface area contributed by atoms with E-state index in [1.54, 1.807) is 6.92 Å². The lowest BCUT2D eigenvalue weighted by Gasteiger charge is -2.28. The summed E-state index contributed by atoms with van der Waals surface area (Å²) in [5.74, 6) is -7.27. The SMILES string of the molecule is Cc1c(F)c(F)c(C(=O)NC(C)C2CCCCC2)c(F)c1F. The van der Waals surface area contributed by atoms with Gasteiger partial charge in [0.05, 0.1) is 0 Å². The first-order valence-corrected chi connectivity index (χ1v) is 7.48. The van der Waals surface area contributed by atoms with Gasteiger partial charge in [-0.2, -0.15) is 0 Å². The molecule has 6 heteroatoms. The summed E-state index contributed by atoms with van der Waals surface area (Å²) in [4.78, 5) is 12.0. The highest BCUT2D eigenvalue weighted by molar-refractivity contribution is 5.95. The zero-order chi connectivity index (χ0) is 16.4. The number of hydrogen-bond acceptors (Lipinski definition) is 1. The zero-order valence-corrected chi connectivity index (χ0v) is 12.6. The lowest BCUT2D eigenvalue weighted by atomic mass is 9.84. The molecule has 1 aliphatic rings. The van der Waals surface area contributed by atoms with Crippen LogP contribution in [0.1, 0.15) is 54.9 Å². The summed E-state index contributed by atoms with van der Waals surface area (Å²) in [6.07, 6.45) is 5.06. The Balaban J connectivity index is 2.22. The van der Waals surface area contributed by atoms with Gasteiger partial charge in [0.1, 0.15) is 5.56 Å². The van der Waals surface area contributed by atoms with Gasteiger partial charge in [-0.25, -0.2) is 17.6 Å². The number of benzene rings is 1. The van der Waals surface area contributed by atoms with Gasteiger partial charge < -0.3 is 5.32 Å². The summed E-state index contributed by atoms with van der Waals surface area (Å²) in [7, 11) is 0. The van der Waals surface area contributed by atoms with Gasteiger partial charge in [0.25, 0.3) is 5.91 Å². The van der Waals surface area contributed by atoms with Gasteiger partial charge >= 0.3 is 0 Å². The van der Waals surface area contributed by atoms with E-state index in [-0.39, 0.29) is 12.0 Å². The lowest BCUT2D eigenvalue weighted by molar-refractivity contribution is 0.0908. The van der Waals surface area contributed by atoms with Crippen molar-refractivity contribution in [3.05, 3.63) is 34.4 Å². The Kier molecular flexibility index (Phi) is 5.08. The predicted octanol–water partition coefficient (Wildman–Crippen LogP) is 4.25. The molecular weight excluding hydrogens is 298 g/mol. The molecule has 1 aromatic carbocycles. The fourth-order valence-electron chi connectivity index (χ4n) is 2.97. The molecule has 1 saturated carbocycles. The van der Waals surface area contributed by atoms with E-state index in [4.69, 9.17) is 0 Å². The van der Waals surface area contributed by atoms with E-state index in [1.807, 2.05) is 0 Å². The molecule has 0 heterocycles. The molecule has 2 rings (SSSR count). The summed E-state index contributed by atoms with van der Waals surface area (Å²) in [5.41, 5.74) is -1.96. The average Bonchev–Trinajstić information content (AvgIpc) is 2.52. The molecule has 1 N–H and O–H groups in total. The van der Waals surface area contributed by atoms with Gasteiger partial charge in [0, 0.05) is 11.6 Å². The summed E-state index contributed by atoms with van der Waals surface area (Å²) in [5, 5.41) is 2.47. The fraction of sp³-hybridized carbons (Fsp3) is 0.562. The second-order valence-electron chi connectivity index (χ2n) is 5.92. The van der Waals surface area contributed by atoms with E-state index < -0.39 is 40.3 Å². The first kappa shape index (κ1) is 16.8. The lowest BCUT2D eigenvalue weighted by Crippen LogP contribution is -2.40. The van der Waals surface area contributed by atoms with E-state index >= 15 is 0 Å². The van der Waals surface area contributed by atoms with Crippen LogP contribution in [0.25, 0.3) is 0 Å². The van der Waals surface area contributed by atoms with Gasteiger partial charge in [0.15, 0.2) is 23.3 Å². The molecule has 1 amide bonds. The largest absolute Gasteiger partial charge is 0.349 e. The van der Waals surface area contributed by atoms with Crippen molar-refractivity contribution in [2.45, 2.75) is 52.0 Å². The molecule has 1 unspecified atom stereocenters. The number of carbonyl (C=O) groups is 1. The van der Waals surface area contributed by atoms with Crippen LogP contribution in [0.2, 0.25) is 0 Å². The molecule has 0 radical (unpaired) electrons. The third kappa shape index (κ3) is 3.10. The van der Waals surface area contributed by atoms with E-state index in [0.29, 0.717) is 0 Å². The maximum absolute atomic E-state index is 13.8. The number of halogens is 4. The van der Waals surface area contributed by atoms with Crippen LogP contribution in [-0.4, -0.2) is 11.9 Å². The van der Waals surface area contributed by atoms with E-state index in [2.05, 4.69) is 5.32 Å². The molecule has 0 aliphatic heterocycles. The highest BCUT2D eigenvalue weighted by Gasteiger charge is 2.29. The van der Waals surface area contributed by atoms with Crippen molar-refractivity contribution >= 4 is 5.91 Å². The molecule has 2 nitrogen and oxygen atoms in total. The number of carbonyl (C=O) groups excluding carboxylic acids is 1. The third-order valence-corrected chi connectivity index (χ3v) is 4.43. The second-order valence-corrected chi connectivity index (χ2v) is 5.92.